The first-order chi connectivity index (χ1) is 14.2. The molecule has 1 atom stereocenters. The predicted molar refractivity (Wildman–Crippen MR) is 113 cm³/mol. The molecule has 29 heavy (non-hydrogen) atoms. The van der Waals surface area contributed by atoms with Crippen LogP contribution in [0.3, 0.4) is 0 Å². The highest BCUT2D eigenvalue weighted by molar-refractivity contribution is 5.98. The van der Waals surface area contributed by atoms with E-state index in [0.717, 1.165) is 28.9 Å². The van der Waals surface area contributed by atoms with Crippen LogP contribution in [0.1, 0.15) is 41.2 Å². The van der Waals surface area contributed by atoms with Crippen LogP contribution in [0.5, 0.6) is 5.75 Å². The normalized spacial score (nSPS) is 15.1. The summed E-state index contributed by atoms with van der Waals surface area (Å²) in [6.07, 6.45) is 1.11. The highest BCUT2D eigenvalue weighted by Crippen LogP contribution is 2.31. The number of para-hydroxylation sites is 1. The lowest BCUT2D eigenvalue weighted by atomic mass is 9.99. The molecular weight excluding hydrogens is 362 g/mol. The average molecular weight is 385 g/mol. The van der Waals surface area contributed by atoms with E-state index in [1.807, 2.05) is 78.9 Å². The number of ketones is 1. The van der Waals surface area contributed by atoms with E-state index in [9.17, 15) is 9.59 Å². The van der Waals surface area contributed by atoms with Gasteiger partial charge in [0.15, 0.2) is 5.78 Å². The van der Waals surface area contributed by atoms with Gasteiger partial charge in [-0.3, -0.25) is 9.59 Å². The van der Waals surface area contributed by atoms with Gasteiger partial charge < -0.3 is 10.1 Å². The number of ether oxygens (including phenoxy) is 1. The van der Waals surface area contributed by atoms with Crippen LogP contribution in [0.25, 0.3) is 11.1 Å². The molecule has 0 saturated carbocycles. The van der Waals surface area contributed by atoms with Crippen molar-refractivity contribution in [1.29, 1.82) is 0 Å². The lowest BCUT2D eigenvalue weighted by molar-refractivity contribution is -0.122. The Morgan fingerprint density at radius 3 is 2.31 bits per heavy atom. The van der Waals surface area contributed by atoms with Gasteiger partial charge in [-0.25, -0.2) is 0 Å². The van der Waals surface area contributed by atoms with Gasteiger partial charge >= 0.3 is 0 Å². The Hall–Kier alpha value is -3.40. The highest BCUT2D eigenvalue weighted by Gasteiger charge is 2.22. The number of benzene rings is 3. The molecule has 1 amide bonds. The van der Waals surface area contributed by atoms with Gasteiger partial charge in [-0.2, -0.15) is 0 Å². The molecule has 0 saturated heterocycles. The first-order valence-electron chi connectivity index (χ1n) is 9.90. The molecule has 4 heteroatoms. The number of carbonyl (C=O) groups is 2. The number of Topliss-reactive ketones (excluding diaryl/α,β-unsaturated/α-hetero) is 1. The molecule has 146 valence electrons. The minimum absolute atomic E-state index is 0.0212. The molecule has 1 aliphatic rings. The first kappa shape index (κ1) is 18.9. The summed E-state index contributed by atoms with van der Waals surface area (Å²) in [5, 5.41) is 3.04. The Morgan fingerprint density at radius 2 is 1.52 bits per heavy atom. The van der Waals surface area contributed by atoms with E-state index in [-0.39, 0.29) is 30.6 Å². The summed E-state index contributed by atoms with van der Waals surface area (Å²) in [5.41, 5.74) is 3.81. The number of fused-ring (bicyclic) bond motifs is 1. The van der Waals surface area contributed by atoms with E-state index in [0.29, 0.717) is 12.2 Å². The molecule has 3 aromatic carbocycles. The quantitative estimate of drug-likeness (QED) is 0.611. The molecule has 1 N–H and O–H groups in total. The van der Waals surface area contributed by atoms with Gasteiger partial charge in [-0.15, -0.1) is 0 Å². The molecule has 0 aliphatic carbocycles. The topological polar surface area (TPSA) is 55.4 Å². The van der Waals surface area contributed by atoms with Crippen molar-refractivity contribution in [2.24, 2.45) is 0 Å². The van der Waals surface area contributed by atoms with Crippen LogP contribution >= 0.6 is 0 Å². The Bertz CT molecular complexity index is 996. The summed E-state index contributed by atoms with van der Waals surface area (Å²) in [6, 6.07) is 25.3. The van der Waals surface area contributed by atoms with Crippen LogP contribution in [-0.4, -0.2) is 18.3 Å². The van der Waals surface area contributed by atoms with Gasteiger partial charge in [0.1, 0.15) is 5.75 Å². The Labute approximate surface area is 170 Å². The third-order valence-corrected chi connectivity index (χ3v) is 5.19. The van der Waals surface area contributed by atoms with Gasteiger partial charge in [0.05, 0.1) is 12.6 Å². The van der Waals surface area contributed by atoms with E-state index in [4.69, 9.17) is 4.74 Å². The predicted octanol–water partition coefficient (Wildman–Crippen LogP) is 4.96. The third kappa shape index (κ3) is 4.54. The van der Waals surface area contributed by atoms with Crippen molar-refractivity contribution in [3.8, 4) is 16.9 Å². The van der Waals surface area contributed by atoms with Crippen molar-refractivity contribution in [3.63, 3.8) is 0 Å². The summed E-state index contributed by atoms with van der Waals surface area (Å²) in [6.45, 7) is 0.578. The van der Waals surface area contributed by atoms with Crippen LogP contribution in [0, 0.1) is 0 Å². The Balaban J connectivity index is 1.32. The number of nitrogens with one attached hydrogen (secondary N) is 1. The van der Waals surface area contributed by atoms with E-state index < -0.39 is 0 Å². The van der Waals surface area contributed by atoms with E-state index >= 15 is 0 Å². The fraction of sp³-hybridized carbons (Fsp3) is 0.200. The zero-order chi connectivity index (χ0) is 20.1. The van der Waals surface area contributed by atoms with E-state index in [1.165, 1.54) is 0 Å². The monoisotopic (exact) mass is 385 g/mol. The first-order valence-corrected chi connectivity index (χ1v) is 9.90. The average Bonchev–Trinajstić information content (AvgIpc) is 2.78. The van der Waals surface area contributed by atoms with Crippen LogP contribution in [-0.2, 0) is 4.79 Å². The van der Waals surface area contributed by atoms with Gasteiger partial charge in [0.2, 0.25) is 5.91 Å². The summed E-state index contributed by atoms with van der Waals surface area (Å²) in [5.74, 6) is 0.687. The van der Waals surface area contributed by atoms with Crippen molar-refractivity contribution >= 4 is 11.7 Å². The second-order valence-electron chi connectivity index (χ2n) is 7.16. The van der Waals surface area contributed by atoms with Crippen molar-refractivity contribution in [2.75, 3.05) is 6.61 Å². The lowest BCUT2D eigenvalue weighted by Gasteiger charge is -2.26. The number of hydrogen-bond acceptors (Lipinski definition) is 3. The van der Waals surface area contributed by atoms with Gasteiger partial charge in [0, 0.05) is 30.4 Å². The van der Waals surface area contributed by atoms with Crippen LogP contribution in [0.4, 0.5) is 0 Å². The molecule has 3 aromatic rings. The smallest absolute Gasteiger partial charge is 0.220 e. The maximum Gasteiger partial charge on any atom is 0.220 e. The zero-order valence-corrected chi connectivity index (χ0v) is 16.1. The number of amides is 1. The van der Waals surface area contributed by atoms with Gasteiger partial charge in [0.25, 0.3) is 0 Å². The molecule has 0 spiro atoms. The number of hydrogen-bond donors (Lipinski definition) is 1. The van der Waals surface area contributed by atoms with Crippen molar-refractivity contribution in [3.05, 3.63) is 90.0 Å². The van der Waals surface area contributed by atoms with E-state index in [1.54, 1.807) is 0 Å². The molecule has 0 unspecified atom stereocenters. The standard InChI is InChI=1S/C25H23NO3/c27-23(20-12-10-19(11-13-20)18-6-2-1-3-7-18)14-15-25(28)26-22-16-17-29-24-9-5-4-8-21(22)24/h1-13,22H,14-17H2,(H,26,28)/t22-/m1/s1. The molecule has 0 fully saturated rings. The zero-order valence-electron chi connectivity index (χ0n) is 16.1. The van der Waals surface area contributed by atoms with Crippen molar-refractivity contribution in [2.45, 2.75) is 25.3 Å². The minimum Gasteiger partial charge on any atom is -0.493 e. The SMILES string of the molecule is O=C(CCC(=O)c1ccc(-c2ccccc2)cc1)N[C@@H]1CCOc2ccccc21. The van der Waals surface area contributed by atoms with E-state index in [2.05, 4.69) is 5.32 Å². The van der Waals surface area contributed by atoms with Crippen LogP contribution in [0.2, 0.25) is 0 Å². The molecule has 4 rings (SSSR count). The molecule has 0 radical (unpaired) electrons. The fourth-order valence-electron chi connectivity index (χ4n) is 3.61. The maximum absolute atomic E-state index is 12.5. The number of carbonyl (C=O) groups excluding carboxylic acids is 2. The fourth-order valence-corrected chi connectivity index (χ4v) is 3.61. The summed E-state index contributed by atoms with van der Waals surface area (Å²) in [4.78, 5) is 24.9. The van der Waals surface area contributed by atoms with Crippen molar-refractivity contribution in [1.82, 2.24) is 5.32 Å². The van der Waals surface area contributed by atoms with Gasteiger partial charge in [-0.05, 0) is 17.2 Å². The van der Waals surface area contributed by atoms with Crippen molar-refractivity contribution < 1.29 is 14.3 Å². The molecule has 1 aliphatic heterocycles. The highest BCUT2D eigenvalue weighted by atomic mass is 16.5. The lowest BCUT2D eigenvalue weighted by Crippen LogP contribution is -2.32. The third-order valence-electron chi connectivity index (χ3n) is 5.19. The molecular formula is C25H23NO3. The van der Waals surface area contributed by atoms with Gasteiger partial charge in [-0.1, -0.05) is 72.8 Å². The Morgan fingerprint density at radius 1 is 0.828 bits per heavy atom. The largest absolute Gasteiger partial charge is 0.493 e. The molecule has 0 bridgehead atoms. The second kappa shape index (κ2) is 8.74. The van der Waals surface area contributed by atoms with Crippen LogP contribution < -0.4 is 10.1 Å². The summed E-state index contributed by atoms with van der Waals surface area (Å²) < 4.78 is 5.63. The maximum atomic E-state index is 12.5. The van der Waals surface area contributed by atoms with Crippen LogP contribution in [0.15, 0.2) is 78.9 Å². The Kier molecular flexibility index (Phi) is 5.71. The molecule has 1 heterocycles. The minimum atomic E-state index is -0.110. The summed E-state index contributed by atoms with van der Waals surface area (Å²) >= 11 is 0. The second-order valence-corrected chi connectivity index (χ2v) is 7.16. The molecule has 4 nitrogen and oxygen atoms in total. The summed E-state index contributed by atoms with van der Waals surface area (Å²) in [7, 11) is 0. The molecule has 0 aromatic heterocycles. The number of rotatable bonds is 6.